The minimum atomic E-state index is -3.79. The van der Waals surface area contributed by atoms with E-state index in [9.17, 15) is 8.42 Å². The molecule has 3 N–H and O–H groups in total. The van der Waals surface area contributed by atoms with E-state index in [1.807, 2.05) is 30.3 Å². The molecule has 5 nitrogen and oxygen atoms in total. The predicted molar refractivity (Wildman–Crippen MR) is 115 cm³/mol. The van der Waals surface area contributed by atoms with Gasteiger partial charge in [-0.2, -0.15) is 0 Å². The SMILES string of the molecule is O=S(=O)(Nc1ccccc1Cl)c1cccc(NC(=S)Nc2ccccc2)c1. The predicted octanol–water partition coefficient (Wildman–Crippen LogP) is 4.95. The molecule has 0 aromatic heterocycles. The van der Waals surface area contributed by atoms with Crippen LogP contribution in [0.2, 0.25) is 5.02 Å². The third-order valence-electron chi connectivity index (χ3n) is 3.55. The molecule has 3 aromatic carbocycles. The zero-order valence-corrected chi connectivity index (χ0v) is 16.4. The molecule has 0 fully saturated rings. The van der Waals surface area contributed by atoms with Crippen molar-refractivity contribution in [3.8, 4) is 0 Å². The van der Waals surface area contributed by atoms with Crippen LogP contribution in [0, 0.1) is 0 Å². The number of halogens is 1. The van der Waals surface area contributed by atoms with Crippen molar-refractivity contribution in [3.63, 3.8) is 0 Å². The fourth-order valence-electron chi connectivity index (χ4n) is 2.30. The van der Waals surface area contributed by atoms with Gasteiger partial charge in [0.2, 0.25) is 0 Å². The van der Waals surface area contributed by atoms with Gasteiger partial charge in [-0.25, -0.2) is 8.42 Å². The summed E-state index contributed by atoms with van der Waals surface area (Å²) >= 11 is 11.3. The molecule has 0 radical (unpaired) electrons. The molecule has 0 amide bonds. The van der Waals surface area contributed by atoms with Crippen molar-refractivity contribution in [1.29, 1.82) is 0 Å². The summed E-state index contributed by atoms with van der Waals surface area (Å²) in [5.74, 6) is 0. The zero-order valence-electron chi connectivity index (χ0n) is 14.0. The lowest BCUT2D eigenvalue weighted by Crippen LogP contribution is -2.19. The van der Waals surface area contributed by atoms with E-state index in [4.69, 9.17) is 23.8 Å². The van der Waals surface area contributed by atoms with E-state index < -0.39 is 10.0 Å². The first kappa shape index (κ1) is 19.2. The highest BCUT2D eigenvalue weighted by molar-refractivity contribution is 7.92. The van der Waals surface area contributed by atoms with Gasteiger partial charge in [-0.3, -0.25) is 4.72 Å². The Kier molecular flexibility index (Phi) is 5.95. The summed E-state index contributed by atoms with van der Waals surface area (Å²) in [6.45, 7) is 0. The van der Waals surface area contributed by atoms with Crippen LogP contribution in [0.15, 0.2) is 83.8 Å². The summed E-state index contributed by atoms with van der Waals surface area (Å²) < 4.78 is 27.8. The summed E-state index contributed by atoms with van der Waals surface area (Å²) in [5.41, 5.74) is 1.70. The Labute approximate surface area is 168 Å². The summed E-state index contributed by atoms with van der Waals surface area (Å²) in [4.78, 5) is 0.0925. The molecule has 0 atom stereocenters. The molecule has 0 saturated heterocycles. The number of thiocarbonyl (C=S) groups is 1. The van der Waals surface area contributed by atoms with Gasteiger partial charge in [-0.1, -0.05) is 48.0 Å². The molecule has 0 aliphatic rings. The van der Waals surface area contributed by atoms with Gasteiger partial charge in [-0.05, 0) is 54.7 Å². The third kappa shape index (κ3) is 5.19. The Balaban J connectivity index is 1.74. The van der Waals surface area contributed by atoms with Crippen LogP contribution in [0.25, 0.3) is 0 Å². The van der Waals surface area contributed by atoms with Gasteiger partial charge in [-0.15, -0.1) is 0 Å². The minimum Gasteiger partial charge on any atom is -0.332 e. The number of hydrogen-bond donors (Lipinski definition) is 3. The molecule has 0 spiro atoms. The molecule has 3 aromatic rings. The van der Waals surface area contributed by atoms with Gasteiger partial charge in [0.25, 0.3) is 10.0 Å². The van der Waals surface area contributed by atoms with E-state index in [2.05, 4.69) is 15.4 Å². The summed E-state index contributed by atoms with van der Waals surface area (Å²) in [6, 6.07) is 22.4. The number of hydrogen-bond acceptors (Lipinski definition) is 3. The van der Waals surface area contributed by atoms with Gasteiger partial charge in [0.15, 0.2) is 5.11 Å². The average molecular weight is 418 g/mol. The Morgan fingerprint density at radius 3 is 2.19 bits per heavy atom. The molecule has 138 valence electrons. The van der Waals surface area contributed by atoms with Gasteiger partial charge >= 0.3 is 0 Å². The number of para-hydroxylation sites is 2. The van der Waals surface area contributed by atoms with Crippen molar-refractivity contribution in [2.24, 2.45) is 0 Å². The Bertz CT molecular complexity index is 1060. The molecule has 27 heavy (non-hydrogen) atoms. The van der Waals surface area contributed by atoms with Crippen molar-refractivity contribution in [3.05, 3.63) is 83.9 Å². The molecule has 0 heterocycles. The topological polar surface area (TPSA) is 70.2 Å². The summed E-state index contributed by atoms with van der Waals surface area (Å²) in [7, 11) is -3.79. The Hall–Kier alpha value is -2.61. The fourth-order valence-corrected chi connectivity index (χ4v) is 3.90. The number of benzene rings is 3. The van der Waals surface area contributed by atoms with Crippen LogP contribution >= 0.6 is 23.8 Å². The van der Waals surface area contributed by atoms with Crippen molar-refractivity contribution in [2.75, 3.05) is 15.4 Å². The van der Waals surface area contributed by atoms with Crippen LogP contribution in [0.4, 0.5) is 17.1 Å². The molecule has 0 aliphatic heterocycles. The average Bonchev–Trinajstić information content (AvgIpc) is 2.64. The quantitative estimate of drug-likeness (QED) is 0.512. The van der Waals surface area contributed by atoms with Gasteiger partial charge in [0.05, 0.1) is 15.6 Å². The van der Waals surface area contributed by atoms with Gasteiger partial charge in [0.1, 0.15) is 0 Å². The first-order chi connectivity index (χ1) is 12.9. The highest BCUT2D eigenvalue weighted by Gasteiger charge is 2.16. The van der Waals surface area contributed by atoms with Gasteiger partial charge < -0.3 is 10.6 Å². The summed E-state index contributed by atoms with van der Waals surface area (Å²) in [6.07, 6.45) is 0. The van der Waals surface area contributed by atoms with Gasteiger partial charge in [0, 0.05) is 11.4 Å². The van der Waals surface area contributed by atoms with E-state index in [1.54, 1.807) is 36.4 Å². The Morgan fingerprint density at radius 2 is 1.44 bits per heavy atom. The first-order valence-electron chi connectivity index (χ1n) is 7.94. The smallest absolute Gasteiger partial charge is 0.262 e. The van der Waals surface area contributed by atoms with E-state index >= 15 is 0 Å². The molecule has 0 aliphatic carbocycles. The molecule has 8 heteroatoms. The third-order valence-corrected chi connectivity index (χ3v) is 5.45. The standard InChI is InChI=1S/C19H16ClN3O2S2/c20-17-11-4-5-12-18(17)23-27(24,25)16-10-6-9-15(13-16)22-19(26)21-14-7-2-1-3-8-14/h1-13,23H,(H2,21,22,26). The van der Waals surface area contributed by atoms with E-state index in [0.717, 1.165) is 5.69 Å². The molecular formula is C19H16ClN3O2S2. The second-order valence-corrected chi connectivity index (χ2v) is 8.06. The van der Waals surface area contributed by atoms with Crippen LogP contribution in [0.5, 0.6) is 0 Å². The van der Waals surface area contributed by atoms with Crippen molar-refractivity contribution in [1.82, 2.24) is 0 Å². The molecule has 0 saturated carbocycles. The lowest BCUT2D eigenvalue weighted by atomic mass is 10.3. The van der Waals surface area contributed by atoms with E-state index in [-0.39, 0.29) is 4.90 Å². The largest absolute Gasteiger partial charge is 0.332 e. The second-order valence-electron chi connectivity index (χ2n) is 5.56. The number of anilines is 3. The summed E-state index contributed by atoms with van der Waals surface area (Å²) in [5, 5.41) is 6.69. The van der Waals surface area contributed by atoms with Crippen molar-refractivity contribution < 1.29 is 8.42 Å². The van der Waals surface area contributed by atoms with Crippen LogP contribution in [0.3, 0.4) is 0 Å². The first-order valence-corrected chi connectivity index (χ1v) is 10.2. The number of nitrogens with one attached hydrogen (secondary N) is 3. The van der Waals surface area contributed by atoms with Crippen molar-refractivity contribution in [2.45, 2.75) is 4.90 Å². The normalized spacial score (nSPS) is 10.9. The van der Waals surface area contributed by atoms with Crippen LogP contribution in [-0.2, 0) is 10.0 Å². The zero-order chi connectivity index (χ0) is 19.3. The maximum Gasteiger partial charge on any atom is 0.262 e. The Morgan fingerprint density at radius 1 is 0.815 bits per heavy atom. The highest BCUT2D eigenvalue weighted by atomic mass is 35.5. The van der Waals surface area contributed by atoms with E-state index in [1.165, 1.54) is 12.1 Å². The van der Waals surface area contributed by atoms with Crippen LogP contribution < -0.4 is 15.4 Å². The molecule has 0 unspecified atom stereocenters. The number of rotatable bonds is 5. The lowest BCUT2D eigenvalue weighted by Gasteiger charge is -2.13. The monoisotopic (exact) mass is 417 g/mol. The highest BCUT2D eigenvalue weighted by Crippen LogP contribution is 2.25. The van der Waals surface area contributed by atoms with Crippen molar-refractivity contribution >= 4 is 56.0 Å². The molecule has 0 bridgehead atoms. The molecule has 3 rings (SSSR count). The number of sulfonamides is 1. The second kappa shape index (κ2) is 8.39. The minimum absolute atomic E-state index is 0.0925. The maximum absolute atomic E-state index is 12.6. The lowest BCUT2D eigenvalue weighted by molar-refractivity contribution is 0.601. The van der Waals surface area contributed by atoms with Crippen LogP contribution in [0.1, 0.15) is 0 Å². The van der Waals surface area contributed by atoms with Crippen LogP contribution in [-0.4, -0.2) is 13.5 Å². The fraction of sp³-hybridized carbons (Fsp3) is 0. The maximum atomic E-state index is 12.6. The molecular weight excluding hydrogens is 402 g/mol. The van der Waals surface area contributed by atoms with E-state index in [0.29, 0.717) is 21.5 Å².